The SMILES string of the molecule is ClC(=Nc1cccc(Cl)c1)c1ccc(N=Nc2ccc(C(Cl)=Nc3cccc(Cl)c3)cc2)cc1. The average molecular weight is 526 g/mol. The third-order valence-corrected chi connectivity index (χ3v) is 5.64. The zero-order valence-electron chi connectivity index (χ0n) is 17.5. The van der Waals surface area contributed by atoms with Crippen LogP contribution >= 0.6 is 46.4 Å². The van der Waals surface area contributed by atoms with E-state index in [0.717, 1.165) is 11.1 Å². The Morgan fingerprint density at radius 2 is 0.853 bits per heavy atom. The molecule has 0 saturated heterocycles. The molecule has 0 spiro atoms. The van der Waals surface area contributed by atoms with Crippen molar-refractivity contribution in [1.82, 2.24) is 0 Å². The van der Waals surface area contributed by atoms with Crippen molar-refractivity contribution in [3.05, 3.63) is 118 Å². The molecule has 0 atom stereocenters. The molecule has 4 aromatic rings. The molecule has 0 aliphatic carbocycles. The minimum Gasteiger partial charge on any atom is -0.236 e. The molecule has 4 aromatic carbocycles. The van der Waals surface area contributed by atoms with Gasteiger partial charge >= 0.3 is 0 Å². The van der Waals surface area contributed by atoms with Crippen molar-refractivity contribution in [1.29, 1.82) is 0 Å². The van der Waals surface area contributed by atoms with Crippen LogP contribution in [0.3, 0.4) is 0 Å². The van der Waals surface area contributed by atoms with E-state index >= 15 is 0 Å². The Bertz CT molecular complexity index is 1270. The van der Waals surface area contributed by atoms with Crippen LogP contribution in [0.2, 0.25) is 10.0 Å². The molecular formula is C26H16Cl4N4. The Morgan fingerprint density at radius 1 is 0.471 bits per heavy atom. The van der Waals surface area contributed by atoms with Crippen LogP contribution in [-0.2, 0) is 0 Å². The Balaban J connectivity index is 1.42. The van der Waals surface area contributed by atoms with Crippen LogP contribution in [0.4, 0.5) is 22.7 Å². The van der Waals surface area contributed by atoms with E-state index < -0.39 is 0 Å². The summed E-state index contributed by atoms with van der Waals surface area (Å²) < 4.78 is 0. The zero-order valence-corrected chi connectivity index (χ0v) is 20.6. The number of hydrogen-bond acceptors (Lipinski definition) is 4. The van der Waals surface area contributed by atoms with Crippen molar-refractivity contribution in [3.63, 3.8) is 0 Å². The molecule has 0 heterocycles. The van der Waals surface area contributed by atoms with Gasteiger partial charge in [-0.05, 0) is 84.9 Å². The molecule has 0 aliphatic rings. The molecule has 0 saturated carbocycles. The predicted molar refractivity (Wildman–Crippen MR) is 144 cm³/mol. The highest BCUT2D eigenvalue weighted by molar-refractivity contribution is 6.70. The molecule has 0 N–H and O–H groups in total. The summed E-state index contributed by atoms with van der Waals surface area (Å²) in [4.78, 5) is 8.77. The third-order valence-electron chi connectivity index (χ3n) is 4.56. The van der Waals surface area contributed by atoms with Crippen molar-refractivity contribution in [2.24, 2.45) is 20.2 Å². The summed E-state index contributed by atoms with van der Waals surface area (Å²) in [7, 11) is 0. The number of benzene rings is 4. The highest BCUT2D eigenvalue weighted by Gasteiger charge is 2.03. The van der Waals surface area contributed by atoms with Gasteiger partial charge in [0.1, 0.15) is 10.3 Å². The van der Waals surface area contributed by atoms with Crippen LogP contribution in [0.25, 0.3) is 0 Å². The highest BCUT2D eigenvalue weighted by atomic mass is 35.5. The molecular weight excluding hydrogens is 510 g/mol. The second-order valence-electron chi connectivity index (χ2n) is 7.06. The van der Waals surface area contributed by atoms with Gasteiger partial charge < -0.3 is 0 Å². The van der Waals surface area contributed by atoms with E-state index in [1.165, 1.54) is 0 Å². The van der Waals surface area contributed by atoms with Gasteiger partial charge in [0, 0.05) is 21.2 Å². The predicted octanol–water partition coefficient (Wildman–Crippen LogP) is 10.0. The van der Waals surface area contributed by atoms with E-state index in [2.05, 4.69) is 20.2 Å². The van der Waals surface area contributed by atoms with Gasteiger partial charge in [-0.25, -0.2) is 9.98 Å². The lowest BCUT2D eigenvalue weighted by Crippen LogP contribution is -1.89. The number of rotatable bonds is 6. The quantitative estimate of drug-likeness (QED) is 0.177. The maximum absolute atomic E-state index is 6.34. The van der Waals surface area contributed by atoms with Gasteiger partial charge in [0.2, 0.25) is 0 Å². The van der Waals surface area contributed by atoms with E-state index in [-0.39, 0.29) is 0 Å². The molecule has 0 amide bonds. The summed E-state index contributed by atoms with van der Waals surface area (Å²) in [6, 6.07) is 29.0. The molecule has 168 valence electrons. The topological polar surface area (TPSA) is 49.4 Å². The molecule has 8 heteroatoms. The minimum absolute atomic E-state index is 0.359. The van der Waals surface area contributed by atoms with Gasteiger partial charge in [0.25, 0.3) is 0 Å². The molecule has 0 radical (unpaired) electrons. The zero-order chi connectivity index (χ0) is 23.9. The molecule has 0 unspecified atom stereocenters. The minimum atomic E-state index is 0.359. The van der Waals surface area contributed by atoms with Gasteiger partial charge in [-0.3, -0.25) is 0 Å². The van der Waals surface area contributed by atoms with Crippen LogP contribution in [-0.4, -0.2) is 10.3 Å². The third kappa shape index (κ3) is 6.75. The fraction of sp³-hybridized carbons (Fsp3) is 0. The highest BCUT2D eigenvalue weighted by Crippen LogP contribution is 2.24. The summed E-state index contributed by atoms with van der Waals surface area (Å²) in [6.45, 7) is 0. The van der Waals surface area contributed by atoms with Gasteiger partial charge in [-0.2, -0.15) is 10.2 Å². The monoisotopic (exact) mass is 524 g/mol. The van der Waals surface area contributed by atoms with Gasteiger partial charge in [-0.1, -0.05) is 58.5 Å². The summed E-state index contributed by atoms with van der Waals surface area (Å²) in [6.07, 6.45) is 0. The van der Waals surface area contributed by atoms with Crippen molar-refractivity contribution in [2.75, 3.05) is 0 Å². The summed E-state index contributed by atoms with van der Waals surface area (Å²) in [5, 5.41) is 10.5. The normalized spacial score (nSPS) is 12.4. The van der Waals surface area contributed by atoms with E-state index in [9.17, 15) is 0 Å². The van der Waals surface area contributed by atoms with Crippen molar-refractivity contribution in [3.8, 4) is 0 Å². The van der Waals surface area contributed by atoms with Crippen LogP contribution in [0.5, 0.6) is 0 Å². The molecule has 0 fully saturated rings. The fourth-order valence-electron chi connectivity index (χ4n) is 2.89. The maximum Gasteiger partial charge on any atom is 0.136 e. The lowest BCUT2D eigenvalue weighted by molar-refractivity contribution is 1.23. The van der Waals surface area contributed by atoms with E-state index in [1.54, 1.807) is 24.3 Å². The number of aliphatic imine (C=N–C) groups is 2. The number of hydrogen-bond donors (Lipinski definition) is 0. The first-order valence-corrected chi connectivity index (χ1v) is 11.6. The van der Waals surface area contributed by atoms with E-state index in [4.69, 9.17) is 46.4 Å². The standard InChI is InChI=1S/C26H16Cl4N4/c27-19-3-1-5-23(15-19)31-25(29)17-7-11-21(12-8-17)33-34-22-13-9-18(10-14-22)26(30)32-24-6-2-4-20(28)16-24/h1-16H. The smallest absolute Gasteiger partial charge is 0.136 e. The Hall–Kier alpha value is -3.02. The second kappa shape index (κ2) is 11.4. The molecule has 4 nitrogen and oxygen atoms in total. The molecule has 4 rings (SSSR count). The Kier molecular flexibility index (Phi) is 8.09. The molecule has 34 heavy (non-hydrogen) atoms. The Morgan fingerprint density at radius 3 is 1.21 bits per heavy atom. The van der Waals surface area contributed by atoms with E-state index in [0.29, 0.717) is 43.1 Å². The maximum atomic E-state index is 6.34. The first-order valence-electron chi connectivity index (χ1n) is 10.1. The van der Waals surface area contributed by atoms with Crippen molar-refractivity contribution < 1.29 is 0 Å². The number of azo groups is 1. The molecule has 0 bridgehead atoms. The van der Waals surface area contributed by atoms with Crippen LogP contribution in [0, 0.1) is 0 Å². The molecule has 0 aliphatic heterocycles. The van der Waals surface area contributed by atoms with Crippen LogP contribution < -0.4 is 0 Å². The van der Waals surface area contributed by atoms with Gasteiger partial charge in [-0.15, -0.1) is 0 Å². The summed E-state index contributed by atoms with van der Waals surface area (Å²) in [5.41, 5.74) is 4.25. The van der Waals surface area contributed by atoms with Gasteiger partial charge in [0.15, 0.2) is 0 Å². The first kappa shape index (κ1) is 24.1. The van der Waals surface area contributed by atoms with Gasteiger partial charge in [0.05, 0.1) is 22.7 Å². The largest absolute Gasteiger partial charge is 0.236 e. The number of nitrogens with zero attached hydrogens (tertiary/aromatic N) is 4. The summed E-state index contributed by atoms with van der Waals surface area (Å²) in [5.74, 6) is 0. The van der Waals surface area contributed by atoms with Crippen LogP contribution in [0.15, 0.2) is 117 Å². The van der Waals surface area contributed by atoms with Crippen LogP contribution in [0.1, 0.15) is 11.1 Å². The van der Waals surface area contributed by atoms with Crippen molar-refractivity contribution in [2.45, 2.75) is 0 Å². The lowest BCUT2D eigenvalue weighted by atomic mass is 10.2. The lowest BCUT2D eigenvalue weighted by Gasteiger charge is -2.01. The van der Waals surface area contributed by atoms with Crippen molar-refractivity contribution >= 4 is 79.5 Å². The average Bonchev–Trinajstić information content (AvgIpc) is 2.83. The summed E-state index contributed by atoms with van der Waals surface area (Å²) >= 11 is 24.7. The first-order chi connectivity index (χ1) is 16.5. The number of halogens is 4. The fourth-order valence-corrected chi connectivity index (χ4v) is 3.71. The molecule has 0 aromatic heterocycles. The van der Waals surface area contributed by atoms with E-state index in [1.807, 2.05) is 72.8 Å². The Labute approximate surface area is 217 Å². The second-order valence-corrected chi connectivity index (χ2v) is 8.65.